The Morgan fingerprint density at radius 2 is 1.77 bits per heavy atom. The van der Waals surface area contributed by atoms with Crippen molar-refractivity contribution in [3.05, 3.63) is 72.1 Å². The van der Waals surface area contributed by atoms with E-state index >= 15 is 0 Å². The largest absolute Gasteiger partial charge is 0.493 e. The molecule has 0 aliphatic heterocycles. The van der Waals surface area contributed by atoms with Gasteiger partial charge in [-0.15, -0.1) is 0 Å². The fourth-order valence-electron chi connectivity index (χ4n) is 3.54. The van der Waals surface area contributed by atoms with Gasteiger partial charge in [-0.2, -0.15) is 0 Å². The molecular formula is C24H26N4O3. The van der Waals surface area contributed by atoms with Gasteiger partial charge in [0.25, 0.3) is 0 Å². The molecule has 0 bridgehead atoms. The highest BCUT2D eigenvalue weighted by molar-refractivity contribution is 6.14. The molecule has 0 spiro atoms. The molecule has 4 aromatic rings. The maximum absolute atomic E-state index is 11.2. The number of aromatic amines is 1. The first-order chi connectivity index (χ1) is 15.2. The average molecular weight is 418 g/mol. The second-order valence-corrected chi connectivity index (χ2v) is 7.11. The first kappa shape index (κ1) is 20.8. The number of ether oxygens (including phenoxy) is 2. The standard InChI is InChI=1S/C24H26N4O3/c1-30-14-12-25-21(20-16-18-10-6-7-11-19(18)26-20)22-24(29)28(13-15-31-2)23(27-22)17-8-4-3-5-9-17/h3-11,16,26,29H,12-15H2,1-2H3. The van der Waals surface area contributed by atoms with Crippen molar-refractivity contribution in [3.63, 3.8) is 0 Å². The number of aliphatic imine (C=N–C) groups is 1. The molecule has 0 aliphatic rings. The van der Waals surface area contributed by atoms with Gasteiger partial charge in [-0.1, -0.05) is 48.5 Å². The summed E-state index contributed by atoms with van der Waals surface area (Å²) in [5, 5.41) is 12.2. The minimum absolute atomic E-state index is 0.0609. The molecule has 7 heteroatoms. The molecule has 0 radical (unpaired) electrons. The molecule has 0 atom stereocenters. The summed E-state index contributed by atoms with van der Waals surface area (Å²) in [5.41, 5.74) is 3.73. The highest BCUT2D eigenvalue weighted by atomic mass is 16.5. The van der Waals surface area contributed by atoms with Crippen LogP contribution in [0, 0.1) is 0 Å². The van der Waals surface area contributed by atoms with Crippen LogP contribution in [0.1, 0.15) is 11.4 Å². The van der Waals surface area contributed by atoms with E-state index in [1.54, 1.807) is 18.8 Å². The Bertz CT molecular complexity index is 1150. The van der Waals surface area contributed by atoms with Crippen molar-refractivity contribution >= 4 is 16.6 Å². The van der Waals surface area contributed by atoms with Gasteiger partial charge in [-0.05, 0) is 12.1 Å². The summed E-state index contributed by atoms with van der Waals surface area (Å²) in [5.74, 6) is 0.728. The Balaban J connectivity index is 1.86. The number of para-hydroxylation sites is 1. The van der Waals surface area contributed by atoms with E-state index in [9.17, 15) is 5.11 Å². The van der Waals surface area contributed by atoms with E-state index in [4.69, 9.17) is 19.5 Å². The zero-order valence-electron chi connectivity index (χ0n) is 17.7. The lowest BCUT2D eigenvalue weighted by molar-refractivity contribution is 0.184. The van der Waals surface area contributed by atoms with Crippen LogP contribution in [0.3, 0.4) is 0 Å². The number of hydrogen-bond donors (Lipinski definition) is 2. The summed E-state index contributed by atoms with van der Waals surface area (Å²) in [6, 6.07) is 19.8. The third-order valence-electron chi connectivity index (χ3n) is 5.07. The van der Waals surface area contributed by atoms with Gasteiger partial charge in [0.15, 0.2) is 5.69 Å². The molecule has 2 aromatic heterocycles. The van der Waals surface area contributed by atoms with Crippen LogP contribution in [0.25, 0.3) is 22.3 Å². The van der Waals surface area contributed by atoms with E-state index < -0.39 is 0 Å². The molecule has 0 saturated heterocycles. The molecule has 31 heavy (non-hydrogen) atoms. The predicted molar refractivity (Wildman–Crippen MR) is 122 cm³/mol. The summed E-state index contributed by atoms with van der Waals surface area (Å²) < 4.78 is 12.2. The van der Waals surface area contributed by atoms with E-state index in [-0.39, 0.29) is 5.88 Å². The second-order valence-electron chi connectivity index (χ2n) is 7.11. The Labute approximate surface area is 181 Å². The van der Waals surface area contributed by atoms with E-state index in [0.717, 1.165) is 22.2 Å². The number of benzene rings is 2. The summed E-state index contributed by atoms with van der Waals surface area (Å²) in [6.07, 6.45) is 0. The lowest BCUT2D eigenvalue weighted by Crippen LogP contribution is -2.09. The summed E-state index contributed by atoms with van der Waals surface area (Å²) >= 11 is 0. The van der Waals surface area contributed by atoms with Gasteiger partial charge in [-0.25, -0.2) is 4.98 Å². The Hall–Kier alpha value is -3.42. The monoisotopic (exact) mass is 418 g/mol. The van der Waals surface area contributed by atoms with Crippen LogP contribution in [0.2, 0.25) is 0 Å². The average Bonchev–Trinajstić information content (AvgIpc) is 3.37. The Kier molecular flexibility index (Phi) is 6.45. The van der Waals surface area contributed by atoms with Gasteiger partial charge in [0.05, 0.1) is 32.0 Å². The fraction of sp³-hybridized carbons (Fsp3) is 0.250. The van der Waals surface area contributed by atoms with Crippen molar-refractivity contribution in [1.29, 1.82) is 0 Å². The van der Waals surface area contributed by atoms with Crippen molar-refractivity contribution in [1.82, 2.24) is 14.5 Å². The summed E-state index contributed by atoms with van der Waals surface area (Å²) in [7, 11) is 3.28. The lowest BCUT2D eigenvalue weighted by Gasteiger charge is -2.08. The van der Waals surface area contributed by atoms with Crippen LogP contribution in [-0.4, -0.2) is 59.3 Å². The molecule has 0 amide bonds. The Morgan fingerprint density at radius 3 is 2.52 bits per heavy atom. The number of H-pyrrole nitrogens is 1. The van der Waals surface area contributed by atoms with E-state index in [1.807, 2.05) is 60.7 Å². The first-order valence-corrected chi connectivity index (χ1v) is 10.2. The zero-order chi connectivity index (χ0) is 21.6. The Morgan fingerprint density at radius 1 is 1.03 bits per heavy atom. The quantitative estimate of drug-likeness (QED) is 0.319. The van der Waals surface area contributed by atoms with Crippen molar-refractivity contribution < 1.29 is 14.6 Å². The van der Waals surface area contributed by atoms with Crippen LogP contribution in [0.15, 0.2) is 65.7 Å². The predicted octanol–water partition coefficient (Wildman–Crippen LogP) is 3.87. The summed E-state index contributed by atoms with van der Waals surface area (Å²) in [4.78, 5) is 13.0. The van der Waals surface area contributed by atoms with Gasteiger partial charge in [0.1, 0.15) is 11.5 Å². The molecule has 0 fully saturated rings. The number of aromatic nitrogens is 3. The van der Waals surface area contributed by atoms with Crippen molar-refractivity contribution in [2.45, 2.75) is 6.54 Å². The minimum Gasteiger partial charge on any atom is -0.493 e. The smallest absolute Gasteiger partial charge is 0.221 e. The number of nitrogens with one attached hydrogen (secondary N) is 1. The number of nitrogens with zero attached hydrogens (tertiary/aromatic N) is 3. The molecule has 2 N–H and O–H groups in total. The highest BCUT2D eigenvalue weighted by Crippen LogP contribution is 2.30. The van der Waals surface area contributed by atoms with Crippen molar-refractivity contribution in [2.24, 2.45) is 4.99 Å². The number of aromatic hydroxyl groups is 1. The van der Waals surface area contributed by atoms with E-state index in [0.29, 0.717) is 43.5 Å². The van der Waals surface area contributed by atoms with E-state index in [1.165, 1.54) is 0 Å². The molecule has 4 rings (SSSR count). The van der Waals surface area contributed by atoms with Crippen LogP contribution in [-0.2, 0) is 16.0 Å². The van der Waals surface area contributed by atoms with Gasteiger partial charge in [0.2, 0.25) is 5.88 Å². The van der Waals surface area contributed by atoms with Crippen molar-refractivity contribution in [2.75, 3.05) is 34.0 Å². The molecular weight excluding hydrogens is 392 g/mol. The zero-order valence-corrected chi connectivity index (χ0v) is 17.7. The second kappa shape index (κ2) is 9.59. The first-order valence-electron chi connectivity index (χ1n) is 10.2. The topological polar surface area (TPSA) is 84.7 Å². The maximum atomic E-state index is 11.2. The van der Waals surface area contributed by atoms with Crippen LogP contribution < -0.4 is 0 Å². The van der Waals surface area contributed by atoms with Gasteiger partial charge in [-0.3, -0.25) is 9.56 Å². The number of imidazole rings is 1. The highest BCUT2D eigenvalue weighted by Gasteiger charge is 2.23. The third-order valence-corrected chi connectivity index (χ3v) is 5.07. The summed E-state index contributed by atoms with van der Waals surface area (Å²) in [6.45, 7) is 1.84. The van der Waals surface area contributed by atoms with Gasteiger partial charge in [0, 0.05) is 30.7 Å². The van der Waals surface area contributed by atoms with Gasteiger partial charge >= 0.3 is 0 Å². The van der Waals surface area contributed by atoms with Crippen LogP contribution in [0.5, 0.6) is 5.88 Å². The fourth-order valence-corrected chi connectivity index (χ4v) is 3.54. The molecule has 7 nitrogen and oxygen atoms in total. The maximum Gasteiger partial charge on any atom is 0.221 e. The molecule has 0 aliphatic carbocycles. The SMILES string of the molecule is COCCN=C(c1cc2ccccc2[nH]1)c1nc(-c2ccccc2)n(CCOC)c1O. The van der Waals surface area contributed by atoms with Crippen LogP contribution in [0.4, 0.5) is 0 Å². The molecule has 2 aromatic carbocycles. The normalized spacial score (nSPS) is 12.0. The molecule has 0 unspecified atom stereocenters. The number of rotatable bonds is 9. The number of hydrogen-bond acceptors (Lipinski definition) is 5. The number of fused-ring (bicyclic) bond motifs is 1. The molecule has 0 saturated carbocycles. The van der Waals surface area contributed by atoms with E-state index in [2.05, 4.69) is 4.98 Å². The third kappa shape index (κ3) is 4.38. The van der Waals surface area contributed by atoms with Crippen LogP contribution >= 0.6 is 0 Å². The van der Waals surface area contributed by atoms with Gasteiger partial charge < -0.3 is 19.6 Å². The lowest BCUT2D eigenvalue weighted by atomic mass is 10.2. The van der Waals surface area contributed by atoms with Crippen molar-refractivity contribution in [3.8, 4) is 17.3 Å². The number of methoxy groups -OCH3 is 2. The molecule has 2 heterocycles. The minimum atomic E-state index is 0.0609. The molecule has 160 valence electrons.